The third kappa shape index (κ3) is 2.22. The van der Waals surface area contributed by atoms with Crippen molar-refractivity contribution in [1.29, 1.82) is 0 Å². The largest absolute Gasteiger partial charge is 0.592 e. The van der Waals surface area contributed by atoms with Crippen molar-refractivity contribution >= 4 is 23.7 Å². The van der Waals surface area contributed by atoms with Crippen molar-refractivity contribution in [3.8, 4) is 0 Å². The third-order valence-electron chi connectivity index (χ3n) is 5.25. The molecule has 0 aliphatic carbocycles. The molecule has 2 aliphatic heterocycles. The van der Waals surface area contributed by atoms with Crippen LogP contribution in [0.25, 0.3) is 0 Å². The highest BCUT2D eigenvalue weighted by Crippen LogP contribution is 2.53. The van der Waals surface area contributed by atoms with E-state index in [0.29, 0.717) is 5.56 Å². The standard InChI is InChI=1S/C20H18N2O5/c1-2-27-19(24)17-16(13-8-4-3-5-9-13)20(12-21-17)18(23)14-10-6-7-11-15(14)22(20,25)26/h3-12,16-17,25H,2H2,1H3. The topological polar surface area (TPSA) is 99.0 Å². The van der Waals surface area contributed by atoms with Crippen LogP contribution < -0.4 is 4.81 Å². The van der Waals surface area contributed by atoms with Crippen molar-refractivity contribution in [1.82, 2.24) is 4.81 Å². The molecular weight excluding hydrogens is 348 g/mol. The molecule has 4 unspecified atom stereocenters. The van der Waals surface area contributed by atoms with Gasteiger partial charge in [-0.05, 0) is 18.6 Å². The minimum absolute atomic E-state index is 0.0561. The first-order valence-corrected chi connectivity index (χ1v) is 8.68. The Hall–Kier alpha value is -2.87. The van der Waals surface area contributed by atoms with E-state index in [-0.39, 0.29) is 17.9 Å². The molecule has 7 nitrogen and oxygen atoms in total. The fourth-order valence-electron chi connectivity index (χ4n) is 4.07. The SMILES string of the molecule is CCOC(=O)C1N=CC2(C(=O)c3ccccc3[N+]2([O-])O)C1c1ccccc1. The maximum absolute atomic E-state index is 13.4. The van der Waals surface area contributed by atoms with Gasteiger partial charge in [-0.2, -0.15) is 4.81 Å². The van der Waals surface area contributed by atoms with Crippen LogP contribution in [0.5, 0.6) is 0 Å². The summed E-state index contributed by atoms with van der Waals surface area (Å²) in [5.41, 5.74) is -1.34. The molecule has 0 radical (unpaired) electrons. The van der Waals surface area contributed by atoms with E-state index < -0.39 is 34.1 Å². The molecule has 0 aromatic heterocycles. The highest BCUT2D eigenvalue weighted by Gasteiger charge is 2.70. The molecule has 0 bridgehead atoms. The summed E-state index contributed by atoms with van der Waals surface area (Å²) < 4.78 is 5.11. The maximum Gasteiger partial charge on any atom is 0.331 e. The van der Waals surface area contributed by atoms with Crippen molar-refractivity contribution in [3.05, 3.63) is 70.9 Å². The molecule has 4 rings (SSSR count). The molecule has 2 aromatic rings. The summed E-state index contributed by atoms with van der Waals surface area (Å²) in [5, 5.41) is 24.4. The Labute approximate surface area is 155 Å². The minimum atomic E-state index is -1.97. The van der Waals surface area contributed by atoms with Crippen LogP contribution in [0.3, 0.4) is 0 Å². The second kappa shape index (κ2) is 6.09. The average Bonchev–Trinajstić information content (AvgIpc) is 3.16. The first-order chi connectivity index (χ1) is 12.9. The number of hydroxylamine groups is 2. The quantitative estimate of drug-likeness (QED) is 0.511. The fourth-order valence-corrected chi connectivity index (χ4v) is 4.07. The van der Waals surface area contributed by atoms with Gasteiger partial charge in [0.05, 0.1) is 24.3 Å². The van der Waals surface area contributed by atoms with Crippen LogP contribution >= 0.6 is 0 Å². The van der Waals surface area contributed by atoms with E-state index in [1.165, 1.54) is 12.1 Å². The van der Waals surface area contributed by atoms with Crippen LogP contribution in [0.4, 0.5) is 5.69 Å². The molecule has 1 spiro atoms. The predicted molar refractivity (Wildman–Crippen MR) is 98.5 cm³/mol. The lowest BCUT2D eigenvalue weighted by molar-refractivity contribution is -0.146. The van der Waals surface area contributed by atoms with Crippen LogP contribution in [-0.2, 0) is 9.53 Å². The Morgan fingerprint density at radius 3 is 2.56 bits per heavy atom. The molecular formula is C20H18N2O5. The summed E-state index contributed by atoms with van der Waals surface area (Å²) in [6.07, 6.45) is 1.14. The van der Waals surface area contributed by atoms with Gasteiger partial charge < -0.3 is 9.94 Å². The Morgan fingerprint density at radius 1 is 1.22 bits per heavy atom. The zero-order valence-electron chi connectivity index (χ0n) is 14.6. The molecule has 2 aliphatic rings. The average molecular weight is 366 g/mol. The van der Waals surface area contributed by atoms with Crippen molar-refractivity contribution in [3.63, 3.8) is 0 Å². The predicted octanol–water partition coefficient (Wildman–Crippen LogP) is 2.62. The molecule has 27 heavy (non-hydrogen) atoms. The monoisotopic (exact) mass is 366 g/mol. The number of fused-ring (bicyclic) bond motifs is 1. The van der Waals surface area contributed by atoms with E-state index in [0.717, 1.165) is 6.21 Å². The number of Topliss-reactive ketones (excluding diaryl/α,β-unsaturated/α-hetero) is 1. The normalized spacial score (nSPS) is 31.3. The lowest BCUT2D eigenvalue weighted by atomic mass is 9.75. The number of ketones is 1. The van der Waals surface area contributed by atoms with Crippen LogP contribution in [0, 0.1) is 5.21 Å². The Kier molecular flexibility index (Phi) is 3.96. The summed E-state index contributed by atoms with van der Waals surface area (Å²) >= 11 is 0. The lowest BCUT2D eigenvalue weighted by Crippen LogP contribution is -2.64. The van der Waals surface area contributed by atoms with E-state index in [1.54, 1.807) is 49.4 Å². The van der Waals surface area contributed by atoms with E-state index in [2.05, 4.69) is 4.99 Å². The van der Waals surface area contributed by atoms with Gasteiger partial charge in [-0.3, -0.25) is 9.79 Å². The Bertz CT molecular complexity index is 940. The van der Waals surface area contributed by atoms with Crippen LogP contribution in [0.15, 0.2) is 59.6 Å². The summed E-state index contributed by atoms with van der Waals surface area (Å²) in [5.74, 6) is -2.18. The van der Waals surface area contributed by atoms with E-state index in [4.69, 9.17) is 4.74 Å². The molecule has 4 atom stereocenters. The summed E-state index contributed by atoms with van der Waals surface area (Å²) in [7, 11) is 0. The molecule has 0 amide bonds. The Morgan fingerprint density at radius 2 is 1.89 bits per heavy atom. The van der Waals surface area contributed by atoms with Gasteiger partial charge in [0, 0.05) is 6.07 Å². The van der Waals surface area contributed by atoms with Gasteiger partial charge in [0.15, 0.2) is 11.7 Å². The number of carbonyl (C=O) groups excluding carboxylic acids is 2. The van der Waals surface area contributed by atoms with E-state index >= 15 is 0 Å². The van der Waals surface area contributed by atoms with E-state index in [9.17, 15) is 20.0 Å². The molecule has 138 valence electrons. The van der Waals surface area contributed by atoms with Crippen molar-refractivity contribution in [2.24, 2.45) is 4.99 Å². The van der Waals surface area contributed by atoms with Gasteiger partial charge in [0.2, 0.25) is 11.3 Å². The number of esters is 1. The smallest absolute Gasteiger partial charge is 0.331 e. The first-order valence-electron chi connectivity index (χ1n) is 8.68. The number of carbonyl (C=O) groups is 2. The molecule has 1 N–H and O–H groups in total. The molecule has 7 heteroatoms. The second-order valence-corrected chi connectivity index (χ2v) is 6.61. The first kappa shape index (κ1) is 17.5. The van der Waals surface area contributed by atoms with Gasteiger partial charge in [-0.15, -0.1) is 0 Å². The zero-order chi connectivity index (χ0) is 19.2. The van der Waals surface area contributed by atoms with Gasteiger partial charge in [-0.1, -0.05) is 42.5 Å². The van der Waals surface area contributed by atoms with E-state index in [1.807, 2.05) is 0 Å². The number of aliphatic imine (C=N–C) groups is 1. The van der Waals surface area contributed by atoms with Crippen molar-refractivity contribution in [2.75, 3.05) is 6.61 Å². The lowest BCUT2D eigenvalue weighted by Gasteiger charge is -2.43. The summed E-state index contributed by atoms with van der Waals surface area (Å²) in [6.45, 7) is 1.81. The molecule has 0 saturated carbocycles. The number of nitrogens with zero attached hydrogens (tertiary/aromatic N) is 2. The molecule has 0 fully saturated rings. The van der Waals surface area contributed by atoms with Crippen molar-refractivity contribution in [2.45, 2.75) is 24.4 Å². The van der Waals surface area contributed by atoms with Crippen LogP contribution in [-0.4, -0.2) is 41.4 Å². The van der Waals surface area contributed by atoms with Gasteiger partial charge in [0.25, 0.3) is 0 Å². The van der Waals surface area contributed by atoms with Gasteiger partial charge in [-0.25, -0.2) is 10.0 Å². The molecule has 2 heterocycles. The summed E-state index contributed by atoms with van der Waals surface area (Å²) in [6, 6.07) is 13.7. The number of rotatable bonds is 3. The number of ether oxygens (including phenoxy) is 1. The van der Waals surface area contributed by atoms with Gasteiger partial charge >= 0.3 is 5.97 Å². The summed E-state index contributed by atoms with van der Waals surface area (Å²) in [4.78, 5) is 28.1. The maximum atomic E-state index is 13.4. The number of hydrogen-bond acceptors (Lipinski definition) is 6. The zero-order valence-corrected chi connectivity index (χ0v) is 14.6. The molecule has 0 saturated heterocycles. The number of hydrogen-bond donors (Lipinski definition) is 1. The van der Waals surface area contributed by atoms with Crippen LogP contribution in [0.2, 0.25) is 0 Å². The Balaban J connectivity index is 1.93. The minimum Gasteiger partial charge on any atom is -0.592 e. The second-order valence-electron chi connectivity index (χ2n) is 6.61. The highest BCUT2D eigenvalue weighted by molar-refractivity contribution is 6.23. The molecule has 2 aromatic carbocycles. The fraction of sp³-hybridized carbons (Fsp3) is 0.250. The van der Waals surface area contributed by atoms with Crippen molar-refractivity contribution < 1.29 is 19.5 Å². The third-order valence-corrected chi connectivity index (χ3v) is 5.25. The number of para-hydroxylation sites is 1. The highest BCUT2D eigenvalue weighted by atomic mass is 16.8. The van der Waals surface area contributed by atoms with Gasteiger partial charge in [0.1, 0.15) is 0 Å². The van der Waals surface area contributed by atoms with Crippen LogP contribution in [0.1, 0.15) is 28.8 Å². The number of quaternary nitrogens is 1. The number of benzene rings is 2.